The average molecular weight is 309 g/mol. The molecule has 2 aromatic heterocycles. The van der Waals surface area contributed by atoms with Crippen LogP contribution in [-0.2, 0) is 20.1 Å². The monoisotopic (exact) mass is 308 g/mol. The molecule has 2 rings (SSSR count). The minimum atomic E-state index is 0.521. The first-order valence-corrected chi connectivity index (χ1v) is 7.30. The van der Waals surface area contributed by atoms with Crippen LogP contribution in [0.25, 0.3) is 0 Å². The lowest BCUT2D eigenvalue weighted by Gasteiger charge is -2.22. The Bertz CT molecular complexity index is 589. The number of aliphatic imine (C=N–C) groups is 1. The molecule has 5 nitrogen and oxygen atoms in total. The second-order valence-electron chi connectivity index (χ2n) is 4.87. The minimum Gasteiger partial charge on any atom is -0.467 e. The van der Waals surface area contributed by atoms with Crippen LogP contribution >= 0.6 is 11.6 Å². The van der Waals surface area contributed by atoms with Crippen molar-refractivity contribution in [3.8, 4) is 0 Å². The van der Waals surface area contributed by atoms with E-state index in [1.165, 1.54) is 0 Å². The van der Waals surface area contributed by atoms with Crippen LogP contribution in [0.2, 0.25) is 5.02 Å². The molecule has 0 amide bonds. The number of hydrogen-bond donors (Lipinski definition) is 1. The Balaban J connectivity index is 2.06. The number of halogens is 1. The fourth-order valence-electron chi connectivity index (χ4n) is 2.07. The van der Waals surface area contributed by atoms with Crippen LogP contribution in [0.3, 0.4) is 0 Å². The summed E-state index contributed by atoms with van der Waals surface area (Å²) in [6.07, 6.45) is 3.56. The molecule has 0 bridgehead atoms. The largest absolute Gasteiger partial charge is 0.467 e. The SMILES string of the molecule is CCNC(=NCc1ccco1)N(C)Cc1cc(Cl)cn1C. The highest BCUT2D eigenvalue weighted by Gasteiger charge is 2.09. The summed E-state index contributed by atoms with van der Waals surface area (Å²) in [4.78, 5) is 6.65. The zero-order valence-electron chi connectivity index (χ0n) is 12.6. The van der Waals surface area contributed by atoms with Gasteiger partial charge in [0.15, 0.2) is 5.96 Å². The average Bonchev–Trinajstić information content (AvgIpc) is 3.05. The molecule has 114 valence electrons. The summed E-state index contributed by atoms with van der Waals surface area (Å²) >= 11 is 6.02. The van der Waals surface area contributed by atoms with Gasteiger partial charge in [-0.1, -0.05) is 11.6 Å². The van der Waals surface area contributed by atoms with E-state index in [1.807, 2.05) is 43.1 Å². The van der Waals surface area contributed by atoms with Crippen molar-refractivity contribution >= 4 is 17.6 Å². The van der Waals surface area contributed by atoms with Crippen LogP contribution in [0.4, 0.5) is 0 Å². The molecule has 6 heteroatoms. The Kier molecular flexibility index (Phi) is 5.33. The van der Waals surface area contributed by atoms with Gasteiger partial charge in [-0.25, -0.2) is 4.99 Å². The zero-order valence-corrected chi connectivity index (χ0v) is 13.4. The summed E-state index contributed by atoms with van der Waals surface area (Å²) < 4.78 is 7.33. The second kappa shape index (κ2) is 7.22. The Labute approximate surface area is 130 Å². The van der Waals surface area contributed by atoms with E-state index in [1.54, 1.807) is 6.26 Å². The number of rotatable bonds is 5. The van der Waals surface area contributed by atoms with Gasteiger partial charge in [-0.3, -0.25) is 0 Å². The topological polar surface area (TPSA) is 45.7 Å². The summed E-state index contributed by atoms with van der Waals surface area (Å²) in [5, 5.41) is 4.03. The van der Waals surface area contributed by atoms with E-state index in [9.17, 15) is 0 Å². The normalized spacial score (nSPS) is 11.7. The molecule has 0 saturated heterocycles. The fourth-order valence-corrected chi connectivity index (χ4v) is 2.34. The van der Waals surface area contributed by atoms with Crippen LogP contribution in [0.1, 0.15) is 18.4 Å². The Morgan fingerprint density at radius 1 is 1.52 bits per heavy atom. The maximum Gasteiger partial charge on any atom is 0.194 e. The second-order valence-corrected chi connectivity index (χ2v) is 5.30. The number of hydrogen-bond acceptors (Lipinski definition) is 2. The minimum absolute atomic E-state index is 0.521. The number of aryl methyl sites for hydroxylation is 1. The highest BCUT2D eigenvalue weighted by atomic mass is 35.5. The smallest absolute Gasteiger partial charge is 0.194 e. The number of nitrogens with one attached hydrogen (secondary N) is 1. The van der Waals surface area contributed by atoms with Crippen LogP contribution in [0.15, 0.2) is 40.1 Å². The Hall–Kier alpha value is -1.88. The molecule has 0 unspecified atom stereocenters. The summed E-state index contributed by atoms with van der Waals surface area (Å²) in [6.45, 7) is 4.12. The Morgan fingerprint density at radius 3 is 2.90 bits per heavy atom. The number of furan rings is 1. The van der Waals surface area contributed by atoms with Gasteiger partial charge in [0, 0.05) is 32.5 Å². The van der Waals surface area contributed by atoms with E-state index in [0.29, 0.717) is 6.54 Å². The van der Waals surface area contributed by atoms with Gasteiger partial charge in [-0.15, -0.1) is 0 Å². The standard InChI is InChI=1S/C15H21ClN4O/c1-4-17-15(18-9-14-6-5-7-21-14)20(3)11-13-8-12(16)10-19(13)2/h5-8,10H,4,9,11H2,1-3H3,(H,17,18). The maximum atomic E-state index is 6.02. The van der Waals surface area contributed by atoms with Gasteiger partial charge in [-0.05, 0) is 25.1 Å². The molecule has 21 heavy (non-hydrogen) atoms. The molecule has 0 aliphatic heterocycles. The van der Waals surface area contributed by atoms with Gasteiger partial charge in [0.2, 0.25) is 0 Å². The van der Waals surface area contributed by atoms with E-state index < -0.39 is 0 Å². The van der Waals surface area contributed by atoms with E-state index in [4.69, 9.17) is 16.0 Å². The number of guanidine groups is 1. The van der Waals surface area contributed by atoms with E-state index in [-0.39, 0.29) is 0 Å². The van der Waals surface area contributed by atoms with E-state index in [2.05, 4.69) is 22.1 Å². The molecule has 0 spiro atoms. The fraction of sp³-hybridized carbons (Fsp3) is 0.400. The molecule has 0 atom stereocenters. The van der Waals surface area contributed by atoms with Crippen molar-refractivity contribution in [1.82, 2.24) is 14.8 Å². The van der Waals surface area contributed by atoms with Crippen LogP contribution in [-0.4, -0.2) is 29.0 Å². The van der Waals surface area contributed by atoms with Crippen molar-refractivity contribution in [2.24, 2.45) is 12.0 Å². The molecule has 2 heterocycles. The molecule has 0 fully saturated rings. The molecule has 2 aromatic rings. The van der Waals surface area contributed by atoms with Gasteiger partial charge in [0.25, 0.3) is 0 Å². The van der Waals surface area contributed by atoms with E-state index >= 15 is 0 Å². The molecule has 0 radical (unpaired) electrons. The first-order chi connectivity index (χ1) is 10.1. The summed E-state index contributed by atoms with van der Waals surface area (Å²) in [5.41, 5.74) is 1.13. The highest BCUT2D eigenvalue weighted by molar-refractivity contribution is 6.30. The van der Waals surface area contributed by atoms with Crippen molar-refractivity contribution in [3.05, 3.63) is 47.1 Å². The third-order valence-corrected chi connectivity index (χ3v) is 3.34. The molecule has 0 aromatic carbocycles. The van der Waals surface area contributed by atoms with Crippen molar-refractivity contribution < 1.29 is 4.42 Å². The zero-order chi connectivity index (χ0) is 15.2. The number of nitrogens with zero attached hydrogens (tertiary/aromatic N) is 3. The van der Waals surface area contributed by atoms with Gasteiger partial charge < -0.3 is 19.2 Å². The molecule has 1 N–H and O–H groups in total. The van der Waals surface area contributed by atoms with Crippen molar-refractivity contribution in [2.45, 2.75) is 20.0 Å². The summed E-state index contributed by atoms with van der Waals surface area (Å²) in [5.74, 6) is 1.69. The molecular formula is C15H21ClN4O. The number of aromatic nitrogens is 1. The predicted octanol–water partition coefficient (Wildman–Crippen LogP) is 2.87. The van der Waals surface area contributed by atoms with Gasteiger partial charge in [-0.2, -0.15) is 0 Å². The van der Waals surface area contributed by atoms with Gasteiger partial charge in [0.05, 0.1) is 17.8 Å². The highest BCUT2D eigenvalue weighted by Crippen LogP contribution is 2.14. The third-order valence-electron chi connectivity index (χ3n) is 3.13. The molecular weight excluding hydrogens is 288 g/mol. The van der Waals surface area contributed by atoms with Gasteiger partial charge >= 0.3 is 0 Å². The molecule has 0 saturated carbocycles. The van der Waals surface area contributed by atoms with E-state index in [0.717, 1.165) is 35.5 Å². The van der Waals surface area contributed by atoms with Crippen LogP contribution < -0.4 is 5.32 Å². The van der Waals surface area contributed by atoms with Crippen molar-refractivity contribution in [1.29, 1.82) is 0 Å². The quantitative estimate of drug-likeness (QED) is 0.682. The van der Waals surface area contributed by atoms with Crippen LogP contribution in [0.5, 0.6) is 0 Å². The first kappa shape index (κ1) is 15.5. The predicted molar refractivity (Wildman–Crippen MR) is 85.4 cm³/mol. The summed E-state index contributed by atoms with van der Waals surface area (Å²) in [7, 11) is 3.99. The molecule has 0 aliphatic rings. The lowest BCUT2D eigenvalue weighted by Crippen LogP contribution is -2.38. The Morgan fingerprint density at radius 2 is 2.33 bits per heavy atom. The van der Waals surface area contributed by atoms with Crippen molar-refractivity contribution in [2.75, 3.05) is 13.6 Å². The summed E-state index contributed by atoms with van der Waals surface area (Å²) in [6, 6.07) is 5.76. The maximum absolute atomic E-state index is 6.02. The third kappa shape index (κ3) is 4.29. The molecule has 0 aliphatic carbocycles. The van der Waals surface area contributed by atoms with Gasteiger partial charge in [0.1, 0.15) is 12.3 Å². The van der Waals surface area contributed by atoms with Crippen molar-refractivity contribution in [3.63, 3.8) is 0 Å². The van der Waals surface area contributed by atoms with Crippen LogP contribution in [0, 0.1) is 0 Å². The first-order valence-electron chi connectivity index (χ1n) is 6.92. The lowest BCUT2D eigenvalue weighted by molar-refractivity contribution is 0.457. The lowest BCUT2D eigenvalue weighted by atomic mass is 10.4.